The topological polar surface area (TPSA) is 66.5 Å². The monoisotopic (exact) mass is 505 g/mol. The van der Waals surface area contributed by atoms with E-state index in [2.05, 4.69) is 21.8 Å². The molecule has 4 aromatic rings. The molecule has 0 atom stereocenters. The van der Waals surface area contributed by atoms with E-state index in [1.165, 1.54) is 21.3 Å². The quantitative estimate of drug-likeness (QED) is 0.451. The van der Waals surface area contributed by atoms with Crippen LogP contribution in [0.15, 0.2) is 66.0 Å². The van der Waals surface area contributed by atoms with E-state index < -0.39 is 5.82 Å². The third-order valence-corrected chi connectivity index (χ3v) is 7.51. The normalized spacial score (nSPS) is 16.7. The van der Waals surface area contributed by atoms with Gasteiger partial charge in [-0.25, -0.2) is 9.18 Å². The number of phenolic OH excluding ortho intramolecular Hbond substituents is 1. The van der Waals surface area contributed by atoms with Gasteiger partial charge in [0.25, 0.3) is 0 Å². The van der Waals surface area contributed by atoms with E-state index >= 15 is 0 Å². The van der Waals surface area contributed by atoms with Crippen LogP contribution in [0.3, 0.4) is 0 Å². The first-order chi connectivity index (χ1) is 17.2. The number of likely N-dealkylation sites (tertiary alicyclic amines) is 1. The Balaban J connectivity index is 1.34. The molecule has 1 spiro atoms. The van der Waals surface area contributed by atoms with Crippen molar-refractivity contribution in [2.24, 2.45) is 12.5 Å². The molecular formula is C27H25ClFN5O2. The highest BCUT2D eigenvalue weighted by molar-refractivity contribution is 6.32. The molecule has 2 aliphatic rings. The van der Waals surface area contributed by atoms with Gasteiger partial charge >= 0.3 is 5.69 Å². The lowest BCUT2D eigenvalue weighted by Crippen LogP contribution is -2.71. The van der Waals surface area contributed by atoms with E-state index in [1.807, 2.05) is 6.07 Å². The number of imidazole rings is 1. The summed E-state index contributed by atoms with van der Waals surface area (Å²) in [6.07, 6.45) is 6.71. The smallest absolute Gasteiger partial charge is 0.332 e. The second-order valence-electron chi connectivity index (χ2n) is 10.0. The lowest BCUT2D eigenvalue weighted by molar-refractivity contribution is -0.00241. The first kappa shape index (κ1) is 22.8. The Morgan fingerprint density at radius 1 is 0.972 bits per heavy atom. The molecular weight excluding hydrogens is 481 g/mol. The largest absolute Gasteiger partial charge is 0.507 e. The van der Waals surface area contributed by atoms with Gasteiger partial charge in [-0.05, 0) is 42.9 Å². The molecule has 0 amide bonds. The molecule has 2 fully saturated rings. The number of aromatic nitrogens is 3. The molecule has 2 aromatic carbocycles. The van der Waals surface area contributed by atoms with E-state index in [-0.39, 0.29) is 11.4 Å². The predicted octanol–water partition coefficient (Wildman–Crippen LogP) is 4.15. The molecule has 6 rings (SSSR count). The fourth-order valence-corrected chi connectivity index (χ4v) is 5.82. The number of phenols is 1. The molecule has 2 aliphatic heterocycles. The van der Waals surface area contributed by atoms with Crippen molar-refractivity contribution in [2.45, 2.75) is 0 Å². The predicted molar refractivity (Wildman–Crippen MR) is 138 cm³/mol. The first-order valence-corrected chi connectivity index (χ1v) is 12.1. The van der Waals surface area contributed by atoms with Gasteiger partial charge in [0, 0.05) is 73.9 Å². The SMILES string of the molecule is CN1CC2(C1)CN(c1cncc(-c3cc(F)cc(-c4ccc(-n5ccn(C)c5=O)c(Cl)c4)c3O)c1)C2. The summed E-state index contributed by atoms with van der Waals surface area (Å²) in [5.74, 6) is -0.542. The van der Waals surface area contributed by atoms with Crippen LogP contribution in [-0.4, -0.2) is 57.4 Å². The van der Waals surface area contributed by atoms with Gasteiger partial charge in [0.15, 0.2) is 0 Å². The highest BCUT2D eigenvalue weighted by Gasteiger charge is 2.50. The molecule has 2 saturated heterocycles. The van der Waals surface area contributed by atoms with Gasteiger partial charge in [-0.3, -0.25) is 9.55 Å². The average molecular weight is 506 g/mol. The van der Waals surface area contributed by atoms with Crippen LogP contribution in [0.5, 0.6) is 5.75 Å². The third kappa shape index (κ3) is 3.68. The Hall–Kier alpha value is -3.62. The molecule has 0 saturated carbocycles. The molecule has 0 bridgehead atoms. The number of halogens is 2. The summed E-state index contributed by atoms with van der Waals surface area (Å²) in [6, 6.07) is 9.56. The van der Waals surface area contributed by atoms with Crippen LogP contribution >= 0.6 is 11.6 Å². The lowest BCUT2D eigenvalue weighted by Gasteiger charge is -2.60. The number of hydrogen-bond donors (Lipinski definition) is 1. The van der Waals surface area contributed by atoms with Gasteiger partial charge < -0.3 is 19.5 Å². The summed E-state index contributed by atoms with van der Waals surface area (Å²) in [5.41, 5.74) is 3.44. The van der Waals surface area contributed by atoms with E-state index in [9.17, 15) is 14.3 Å². The lowest BCUT2D eigenvalue weighted by atomic mass is 9.73. The van der Waals surface area contributed by atoms with E-state index in [0.717, 1.165) is 31.9 Å². The van der Waals surface area contributed by atoms with E-state index in [1.54, 1.807) is 50.0 Å². The van der Waals surface area contributed by atoms with E-state index in [4.69, 9.17) is 11.6 Å². The van der Waals surface area contributed by atoms with Crippen molar-refractivity contribution in [3.05, 3.63) is 82.5 Å². The zero-order valence-corrected chi connectivity index (χ0v) is 20.7. The summed E-state index contributed by atoms with van der Waals surface area (Å²) in [6.45, 7) is 4.15. The molecule has 0 radical (unpaired) electrons. The molecule has 184 valence electrons. The Labute approximate surface area is 212 Å². The van der Waals surface area contributed by atoms with Gasteiger partial charge in [-0.15, -0.1) is 0 Å². The second-order valence-corrected chi connectivity index (χ2v) is 10.4. The highest BCUT2D eigenvalue weighted by Crippen LogP contribution is 2.43. The maximum absolute atomic E-state index is 14.8. The number of anilines is 1. The van der Waals surface area contributed by atoms with Crippen LogP contribution in [0.1, 0.15) is 0 Å². The maximum atomic E-state index is 14.8. The number of aryl methyl sites for hydroxylation is 1. The minimum Gasteiger partial charge on any atom is -0.507 e. The van der Waals surface area contributed by atoms with Crippen LogP contribution in [-0.2, 0) is 7.05 Å². The summed E-state index contributed by atoms with van der Waals surface area (Å²) < 4.78 is 17.7. The minimum absolute atomic E-state index is 0.0586. The van der Waals surface area contributed by atoms with Crippen LogP contribution in [0, 0.1) is 11.2 Å². The zero-order chi connectivity index (χ0) is 25.2. The summed E-state index contributed by atoms with van der Waals surface area (Å²) in [5, 5.41) is 11.5. The van der Waals surface area contributed by atoms with Crippen molar-refractivity contribution in [2.75, 3.05) is 38.1 Å². The molecule has 7 nitrogen and oxygen atoms in total. The van der Waals surface area contributed by atoms with Crippen molar-refractivity contribution >= 4 is 17.3 Å². The fourth-order valence-electron chi connectivity index (χ4n) is 5.55. The van der Waals surface area contributed by atoms with Gasteiger partial charge in [0.1, 0.15) is 11.6 Å². The van der Waals surface area contributed by atoms with Gasteiger partial charge in [-0.1, -0.05) is 17.7 Å². The molecule has 9 heteroatoms. The average Bonchev–Trinajstić information content (AvgIpc) is 3.14. The Kier molecular flexibility index (Phi) is 5.21. The Morgan fingerprint density at radius 2 is 1.69 bits per heavy atom. The van der Waals surface area contributed by atoms with E-state index in [0.29, 0.717) is 38.4 Å². The van der Waals surface area contributed by atoms with Crippen molar-refractivity contribution < 1.29 is 9.50 Å². The highest BCUT2D eigenvalue weighted by atomic mass is 35.5. The van der Waals surface area contributed by atoms with Gasteiger partial charge in [0.05, 0.1) is 22.6 Å². The standard InChI is InChI=1S/C27H25ClFN5O2/c1-31-13-27(14-31)15-33(16-27)20-7-18(11-30-12-20)22-10-19(29)9-21(25(22)35)17-3-4-24(23(28)8-17)34-6-5-32(2)26(34)36/h3-12,35H,13-16H2,1-2H3. The second kappa shape index (κ2) is 8.21. The van der Waals surface area contributed by atoms with Crippen molar-refractivity contribution in [3.8, 4) is 33.7 Å². The molecule has 2 aromatic heterocycles. The van der Waals surface area contributed by atoms with Crippen molar-refractivity contribution in [1.82, 2.24) is 19.0 Å². The summed E-state index contributed by atoms with van der Waals surface area (Å²) >= 11 is 6.51. The minimum atomic E-state index is -0.483. The van der Waals surface area contributed by atoms with Crippen LogP contribution in [0.25, 0.3) is 27.9 Å². The molecule has 4 heterocycles. The first-order valence-electron chi connectivity index (χ1n) is 11.7. The van der Waals surface area contributed by atoms with Crippen LogP contribution in [0.4, 0.5) is 10.1 Å². The molecule has 36 heavy (non-hydrogen) atoms. The molecule has 1 N–H and O–H groups in total. The summed E-state index contributed by atoms with van der Waals surface area (Å²) in [4.78, 5) is 21.3. The number of nitrogens with zero attached hydrogens (tertiary/aromatic N) is 5. The molecule has 0 unspecified atom stereocenters. The van der Waals surface area contributed by atoms with Gasteiger partial charge in [0.2, 0.25) is 0 Å². The molecule has 0 aliphatic carbocycles. The fraction of sp³-hybridized carbons (Fsp3) is 0.259. The number of rotatable bonds is 4. The van der Waals surface area contributed by atoms with Crippen LogP contribution < -0.4 is 10.6 Å². The van der Waals surface area contributed by atoms with Crippen molar-refractivity contribution in [3.63, 3.8) is 0 Å². The zero-order valence-electron chi connectivity index (χ0n) is 19.9. The van der Waals surface area contributed by atoms with Crippen LogP contribution in [0.2, 0.25) is 5.02 Å². The Bertz CT molecular complexity index is 1550. The third-order valence-electron chi connectivity index (χ3n) is 7.20. The Morgan fingerprint density at radius 3 is 2.33 bits per heavy atom. The number of hydrogen-bond acceptors (Lipinski definition) is 5. The number of benzene rings is 2. The van der Waals surface area contributed by atoms with Gasteiger partial charge in [-0.2, -0.15) is 0 Å². The number of aromatic hydroxyl groups is 1. The number of pyridine rings is 1. The maximum Gasteiger partial charge on any atom is 0.332 e. The van der Waals surface area contributed by atoms with Crippen molar-refractivity contribution in [1.29, 1.82) is 0 Å². The summed E-state index contributed by atoms with van der Waals surface area (Å²) in [7, 11) is 3.78.